The van der Waals surface area contributed by atoms with Crippen LogP contribution in [-0.2, 0) is 6.54 Å². The molecule has 0 saturated carbocycles. The molecule has 146 valence electrons. The van der Waals surface area contributed by atoms with Crippen molar-refractivity contribution in [1.29, 1.82) is 0 Å². The van der Waals surface area contributed by atoms with Gasteiger partial charge in [0.25, 0.3) is 12.0 Å². The van der Waals surface area contributed by atoms with Gasteiger partial charge in [-0.1, -0.05) is 12.8 Å². The van der Waals surface area contributed by atoms with Crippen LogP contribution in [0.3, 0.4) is 0 Å². The molecule has 3 heterocycles. The van der Waals surface area contributed by atoms with Crippen molar-refractivity contribution in [2.24, 2.45) is 5.92 Å². The summed E-state index contributed by atoms with van der Waals surface area (Å²) in [5.74, 6) is 0.418. The van der Waals surface area contributed by atoms with Crippen molar-refractivity contribution in [3.05, 3.63) is 28.4 Å². The minimum absolute atomic E-state index is 0.376. The number of aromatic nitrogens is 2. The molecule has 0 spiro atoms. The summed E-state index contributed by atoms with van der Waals surface area (Å²) in [6, 6.07) is 0.959. The van der Waals surface area contributed by atoms with E-state index in [2.05, 4.69) is 14.8 Å². The minimum atomic E-state index is -2.69. The lowest BCUT2D eigenvalue weighted by Crippen LogP contribution is -2.41. The van der Waals surface area contributed by atoms with Crippen molar-refractivity contribution in [3.8, 4) is 0 Å². The topological polar surface area (TPSA) is 41.4 Å². The van der Waals surface area contributed by atoms with Gasteiger partial charge in [-0.2, -0.15) is 0 Å². The Morgan fingerprint density at radius 3 is 2.19 bits per heavy atom. The summed E-state index contributed by atoms with van der Waals surface area (Å²) in [5, 5.41) is 0. The first kappa shape index (κ1) is 19.4. The molecule has 7 heteroatoms. The third-order valence-corrected chi connectivity index (χ3v) is 5.72. The summed E-state index contributed by atoms with van der Waals surface area (Å²) in [5.41, 5.74) is -0.812. The Kier molecular flexibility index (Phi) is 7.14. The lowest BCUT2D eigenvalue weighted by Gasteiger charge is -2.33. The highest BCUT2D eigenvalue weighted by Crippen LogP contribution is 2.19. The van der Waals surface area contributed by atoms with E-state index in [0.29, 0.717) is 12.5 Å². The third-order valence-electron chi connectivity index (χ3n) is 5.72. The highest BCUT2D eigenvalue weighted by atomic mass is 19.3. The van der Waals surface area contributed by atoms with E-state index < -0.39 is 12.1 Å². The molecule has 1 aromatic rings. The molecule has 1 aromatic heterocycles. The predicted octanol–water partition coefficient (Wildman–Crippen LogP) is 2.77. The highest BCUT2D eigenvalue weighted by molar-refractivity contribution is 5.00. The maximum Gasteiger partial charge on any atom is 0.280 e. The van der Waals surface area contributed by atoms with E-state index in [1.807, 2.05) is 0 Å². The molecule has 2 saturated heterocycles. The molecular formula is C19H30F2N4O. The molecule has 5 nitrogen and oxygen atoms in total. The second-order valence-electron chi connectivity index (χ2n) is 7.65. The Morgan fingerprint density at radius 2 is 1.62 bits per heavy atom. The van der Waals surface area contributed by atoms with Gasteiger partial charge in [-0.15, -0.1) is 0 Å². The largest absolute Gasteiger partial charge is 0.302 e. The fraction of sp³-hybridized carbons (Fsp3) is 0.789. The number of nitrogens with zero attached hydrogens (tertiary/aromatic N) is 4. The van der Waals surface area contributed by atoms with Gasteiger partial charge in [0.15, 0.2) is 0 Å². The first-order chi connectivity index (χ1) is 12.6. The summed E-state index contributed by atoms with van der Waals surface area (Å²) in [6.07, 6.45) is 6.07. The van der Waals surface area contributed by atoms with Crippen molar-refractivity contribution < 1.29 is 8.78 Å². The van der Waals surface area contributed by atoms with Gasteiger partial charge in [-0.3, -0.25) is 9.36 Å². The third kappa shape index (κ3) is 5.58. The molecule has 0 unspecified atom stereocenters. The molecule has 0 bridgehead atoms. The Bertz CT molecular complexity index is 606. The molecule has 0 aliphatic carbocycles. The number of hydrogen-bond acceptors (Lipinski definition) is 4. The summed E-state index contributed by atoms with van der Waals surface area (Å²) in [7, 11) is 0. The quantitative estimate of drug-likeness (QED) is 0.774. The maximum atomic E-state index is 12.6. The molecule has 3 rings (SSSR count). The Balaban J connectivity index is 1.41. The molecule has 26 heavy (non-hydrogen) atoms. The molecule has 2 fully saturated rings. The maximum absolute atomic E-state index is 12.6. The molecule has 2 aliphatic heterocycles. The smallest absolute Gasteiger partial charge is 0.280 e. The average Bonchev–Trinajstić information content (AvgIpc) is 2.91. The van der Waals surface area contributed by atoms with E-state index in [4.69, 9.17) is 0 Å². The van der Waals surface area contributed by atoms with Crippen LogP contribution in [0.15, 0.2) is 17.2 Å². The van der Waals surface area contributed by atoms with E-state index in [1.54, 1.807) is 0 Å². The number of alkyl halides is 2. The van der Waals surface area contributed by atoms with Gasteiger partial charge in [0.2, 0.25) is 0 Å². The van der Waals surface area contributed by atoms with Gasteiger partial charge in [0.1, 0.15) is 5.69 Å². The van der Waals surface area contributed by atoms with Gasteiger partial charge in [-0.05, 0) is 57.8 Å². The van der Waals surface area contributed by atoms with E-state index in [-0.39, 0.29) is 5.56 Å². The van der Waals surface area contributed by atoms with Crippen molar-refractivity contribution in [3.63, 3.8) is 0 Å². The van der Waals surface area contributed by atoms with Crippen LogP contribution in [0.4, 0.5) is 8.78 Å². The number of rotatable bonds is 6. The second kappa shape index (κ2) is 9.55. The number of hydrogen-bond donors (Lipinski definition) is 0. The van der Waals surface area contributed by atoms with Gasteiger partial charge in [-0.25, -0.2) is 13.8 Å². The number of piperidine rings is 1. The number of halogens is 2. The van der Waals surface area contributed by atoms with Gasteiger partial charge >= 0.3 is 0 Å². The Morgan fingerprint density at radius 1 is 1.00 bits per heavy atom. The molecule has 0 atom stereocenters. The highest BCUT2D eigenvalue weighted by Gasteiger charge is 2.21. The molecular weight excluding hydrogens is 338 g/mol. The Hall–Kier alpha value is -1.34. The van der Waals surface area contributed by atoms with Crippen LogP contribution in [0.25, 0.3) is 0 Å². The fourth-order valence-corrected chi connectivity index (χ4v) is 4.01. The molecule has 0 amide bonds. The van der Waals surface area contributed by atoms with Crippen LogP contribution in [0, 0.1) is 5.92 Å². The summed E-state index contributed by atoms with van der Waals surface area (Å²) < 4.78 is 26.7. The first-order valence-electron chi connectivity index (χ1n) is 9.91. The van der Waals surface area contributed by atoms with E-state index >= 15 is 0 Å². The molecule has 0 radical (unpaired) electrons. The Labute approximate surface area is 154 Å². The lowest BCUT2D eigenvalue weighted by atomic mass is 9.96. The standard InChI is InChI=1S/C19H30F2N4O/c20-19(21)17-13-18(26)25(15-22-17)14-16-5-9-24(10-6-16)12-11-23-7-3-1-2-4-8-23/h13,15-16,19H,1-12,14H2. The van der Waals surface area contributed by atoms with Crippen LogP contribution < -0.4 is 5.56 Å². The van der Waals surface area contributed by atoms with Crippen molar-refractivity contribution in [2.75, 3.05) is 39.3 Å². The summed E-state index contributed by atoms with van der Waals surface area (Å²) in [4.78, 5) is 20.8. The number of likely N-dealkylation sites (tertiary alicyclic amines) is 2. The SMILES string of the molecule is O=c1cc(C(F)F)ncn1CC1CCN(CCN2CCCCCC2)CC1. The van der Waals surface area contributed by atoms with E-state index in [0.717, 1.165) is 45.1 Å². The monoisotopic (exact) mass is 368 g/mol. The first-order valence-corrected chi connectivity index (χ1v) is 9.91. The van der Waals surface area contributed by atoms with Crippen molar-refractivity contribution in [2.45, 2.75) is 51.5 Å². The molecule has 2 aliphatic rings. The van der Waals surface area contributed by atoms with Crippen molar-refractivity contribution >= 4 is 0 Å². The zero-order chi connectivity index (χ0) is 18.4. The lowest BCUT2D eigenvalue weighted by molar-refractivity contribution is 0.143. The predicted molar refractivity (Wildman–Crippen MR) is 97.5 cm³/mol. The van der Waals surface area contributed by atoms with Gasteiger partial charge in [0, 0.05) is 25.7 Å². The van der Waals surface area contributed by atoms with Crippen LogP contribution >= 0.6 is 0 Å². The molecule has 0 aromatic carbocycles. The van der Waals surface area contributed by atoms with Crippen molar-refractivity contribution in [1.82, 2.24) is 19.4 Å². The van der Waals surface area contributed by atoms with Crippen LogP contribution in [0.1, 0.15) is 50.6 Å². The minimum Gasteiger partial charge on any atom is -0.302 e. The van der Waals surface area contributed by atoms with Crippen LogP contribution in [-0.4, -0.2) is 58.6 Å². The van der Waals surface area contributed by atoms with E-state index in [1.165, 1.54) is 49.7 Å². The summed E-state index contributed by atoms with van der Waals surface area (Å²) >= 11 is 0. The zero-order valence-electron chi connectivity index (χ0n) is 15.5. The molecule has 0 N–H and O–H groups in total. The normalized spacial score (nSPS) is 21.2. The van der Waals surface area contributed by atoms with Gasteiger partial charge in [0.05, 0.1) is 6.33 Å². The average molecular weight is 368 g/mol. The zero-order valence-corrected chi connectivity index (χ0v) is 15.5. The fourth-order valence-electron chi connectivity index (χ4n) is 4.01. The summed E-state index contributed by atoms with van der Waals surface area (Å²) in [6.45, 7) is 7.43. The second-order valence-corrected chi connectivity index (χ2v) is 7.65. The van der Waals surface area contributed by atoms with Crippen LogP contribution in [0.5, 0.6) is 0 Å². The van der Waals surface area contributed by atoms with Gasteiger partial charge < -0.3 is 9.80 Å². The van der Waals surface area contributed by atoms with E-state index in [9.17, 15) is 13.6 Å². The van der Waals surface area contributed by atoms with Crippen LogP contribution in [0.2, 0.25) is 0 Å².